The zero-order valence-corrected chi connectivity index (χ0v) is 26.5. The number of aromatic nitrogens is 6. The number of carbonyl (C=O) groups is 1. The molecule has 6 rings (SSSR count). The van der Waals surface area contributed by atoms with Crippen molar-refractivity contribution in [2.45, 2.75) is 62.4 Å². The maximum atomic E-state index is 14.4. The van der Waals surface area contributed by atoms with Crippen molar-refractivity contribution in [3.05, 3.63) is 75.4 Å². The number of Topliss-reactive ketones (excluding diaryl/α,β-unsaturated/α-hetero) is 1. The third-order valence-corrected chi connectivity index (χ3v) is 11.0. The summed E-state index contributed by atoms with van der Waals surface area (Å²) in [7, 11) is -2.88. The van der Waals surface area contributed by atoms with Gasteiger partial charge in [0.05, 0.1) is 41.0 Å². The summed E-state index contributed by atoms with van der Waals surface area (Å²) in [6.07, 6.45) is 0.666. The number of halogens is 4. The highest BCUT2D eigenvalue weighted by molar-refractivity contribution is 7.89. The summed E-state index contributed by atoms with van der Waals surface area (Å²) in [6, 6.07) is 4.81. The molecule has 4 aromatic rings. The van der Waals surface area contributed by atoms with Gasteiger partial charge in [-0.2, -0.15) is 32.5 Å². The zero-order valence-electron chi connectivity index (χ0n) is 24.9. The lowest BCUT2D eigenvalue weighted by atomic mass is 9.61. The predicted octanol–water partition coefficient (Wildman–Crippen LogP) is 4.44. The van der Waals surface area contributed by atoms with E-state index in [2.05, 4.69) is 20.3 Å². The van der Waals surface area contributed by atoms with Gasteiger partial charge in [0.25, 0.3) is 10.0 Å². The van der Waals surface area contributed by atoms with Gasteiger partial charge in [-0.3, -0.25) is 4.79 Å². The van der Waals surface area contributed by atoms with Crippen LogP contribution in [0.3, 0.4) is 0 Å². The molecule has 0 amide bonds. The minimum atomic E-state index is -4.70. The second-order valence-electron chi connectivity index (χ2n) is 12.2. The van der Waals surface area contributed by atoms with Crippen LogP contribution in [0.25, 0.3) is 11.8 Å². The molecule has 1 aromatic carbocycles. The third kappa shape index (κ3) is 5.80. The lowest BCUT2D eigenvalue weighted by Crippen LogP contribution is -2.53. The maximum absolute atomic E-state index is 14.4. The van der Waals surface area contributed by atoms with Crippen molar-refractivity contribution in [1.82, 2.24) is 34.1 Å². The monoisotopic (exact) mass is 679 g/mol. The van der Waals surface area contributed by atoms with Gasteiger partial charge < -0.3 is 5.11 Å². The maximum Gasteiger partial charge on any atom is 0.427 e. The first-order valence-corrected chi connectivity index (χ1v) is 16.5. The first kappa shape index (κ1) is 32.2. The van der Waals surface area contributed by atoms with Crippen LogP contribution in [0.5, 0.6) is 0 Å². The Labute approximate surface area is 265 Å². The smallest absolute Gasteiger partial charge is 0.389 e. The first-order chi connectivity index (χ1) is 21.5. The van der Waals surface area contributed by atoms with E-state index in [0.717, 1.165) is 15.3 Å². The molecule has 0 saturated heterocycles. The summed E-state index contributed by atoms with van der Waals surface area (Å²) in [5.41, 5.74) is -0.583. The van der Waals surface area contributed by atoms with Crippen LogP contribution in [-0.4, -0.2) is 71.6 Å². The SMILES string of the molecule is Cn1ncc(S(=O)(=O)N(CC(C)(C)O)[C@H]2CCC3=Cc4c(cnn4-c4ccc(F)cc4)C[C@]3(C(=O)c3ncc(C(F)(F)F)s3)C2)n1. The lowest BCUT2D eigenvalue weighted by molar-refractivity contribution is -0.134. The summed E-state index contributed by atoms with van der Waals surface area (Å²) < 4.78 is 84.9. The Kier molecular flexibility index (Phi) is 7.81. The van der Waals surface area contributed by atoms with Crippen LogP contribution in [0, 0.1) is 11.2 Å². The number of alkyl halides is 3. The molecule has 11 nitrogen and oxygen atoms in total. The van der Waals surface area contributed by atoms with E-state index in [1.54, 1.807) is 29.1 Å². The van der Waals surface area contributed by atoms with Crippen LogP contribution in [0.4, 0.5) is 17.6 Å². The van der Waals surface area contributed by atoms with E-state index in [4.69, 9.17) is 0 Å². The fraction of sp³-hybridized carbons (Fsp3) is 0.414. The number of thiazole rings is 1. The summed E-state index contributed by atoms with van der Waals surface area (Å²) in [6.45, 7) is 2.56. The van der Waals surface area contributed by atoms with Crippen molar-refractivity contribution in [1.29, 1.82) is 0 Å². The molecule has 0 radical (unpaired) electrons. The number of carbonyl (C=O) groups excluding carboxylic acids is 1. The fourth-order valence-corrected chi connectivity index (χ4v) is 8.71. The van der Waals surface area contributed by atoms with Gasteiger partial charge in [-0.15, -0.1) is 16.4 Å². The van der Waals surface area contributed by atoms with Gasteiger partial charge in [0.1, 0.15) is 10.7 Å². The molecule has 244 valence electrons. The number of hydrogen-bond acceptors (Lipinski definition) is 9. The molecular weight excluding hydrogens is 650 g/mol. The molecule has 0 spiro atoms. The number of fused-ring (bicyclic) bond motifs is 2. The lowest BCUT2D eigenvalue weighted by Gasteiger charge is -2.46. The Morgan fingerprint density at radius 1 is 1.15 bits per heavy atom. The van der Waals surface area contributed by atoms with Crippen LogP contribution >= 0.6 is 11.3 Å². The number of ketones is 1. The second-order valence-corrected chi connectivity index (χ2v) is 15.0. The van der Waals surface area contributed by atoms with E-state index in [9.17, 15) is 35.9 Å². The van der Waals surface area contributed by atoms with E-state index < -0.39 is 49.7 Å². The van der Waals surface area contributed by atoms with Crippen LogP contribution < -0.4 is 0 Å². The molecule has 0 aliphatic heterocycles. The molecule has 17 heteroatoms. The predicted molar refractivity (Wildman–Crippen MR) is 158 cm³/mol. The van der Waals surface area contributed by atoms with E-state index >= 15 is 0 Å². The van der Waals surface area contributed by atoms with Gasteiger partial charge in [0.2, 0.25) is 10.8 Å². The van der Waals surface area contributed by atoms with Crippen molar-refractivity contribution in [2.75, 3.05) is 6.54 Å². The van der Waals surface area contributed by atoms with Gasteiger partial charge >= 0.3 is 6.18 Å². The second kappa shape index (κ2) is 11.2. The number of sulfonamides is 1. The number of aliphatic hydroxyl groups is 1. The summed E-state index contributed by atoms with van der Waals surface area (Å²) in [5.74, 6) is -1.09. The van der Waals surface area contributed by atoms with Crippen LogP contribution in [0.2, 0.25) is 0 Å². The molecule has 1 fully saturated rings. The van der Waals surface area contributed by atoms with Crippen LogP contribution in [0.1, 0.15) is 59.0 Å². The van der Waals surface area contributed by atoms with Crippen molar-refractivity contribution < 1.29 is 35.9 Å². The Balaban J connectivity index is 1.46. The summed E-state index contributed by atoms with van der Waals surface area (Å²) in [4.78, 5) is 18.3. The quantitative estimate of drug-likeness (QED) is 0.213. The van der Waals surface area contributed by atoms with Gasteiger partial charge in [-0.1, -0.05) is 5.57 Å². The van der Waals surface area contributed by atoms with Crippen molar-refractivity contribution in [2.24, 2.45) is 12.5 Å². The van der Waals surface area contributed by atoms with E-state index in [1.165, 1.54) is 33.0 Å². The number of aryl methyl sites for hydroxylation is 1. The number of allylic oxidation sites excluding steroid dienone is 1. The summed E-state index contributed by atoms with van der Waals surface area (Å²) in [5, 5.41) is 22.4. The highest BCUT2D eigenvalue weighted by atomic mass is 32.2. The average Bonchev–Trinajstić information content (AvgIpc) is 3.74. The molecule has 1 saturated carbocycles. The minimum absolute atomic E-state index is 0.00712. The molecular formula is C29H29F4N7O4S2. The van der Waals surface area contributed by atoms with Gasteiger partial charge in [0, 0.05) is 19.6 Å². The van der Waals surface area contributed by atoms with E-state index in [-0.39, 0.29) is 53.6 Å². The highest BCUT2D eigenvalue weighted by Gasteiger charge is 2.53. The number of rotatable bonds is 8. The molecule has 0 unspecified atom stereocenters. The van der Waals surface area contributed by atoms with Gasteiger partial charge in [-0.05, 0) is 75.4 Å². The average molecular weight is 680 g/mol. The molecule has 1 N–H and O–H groups in total. The number of nitrogens with zero attached hydrogens (tertiary/aromatic N) is 7. The Hall–Kier alpha value is -3.80. The van der Waals surface area contributed by atoms with E-state index in [0.29, 0.717) is 28.7 Å². The molecule has 2 aliphatic carbocycles. The van der Waals surface area contributed by atoms with Crippen molar-refractivity contribution >= 4 is 33.2 Å². The number of benzene rings is 1. The molecule has 2 aliphatic rings. The number of hydrogen-bond donors (Lipinski definition) is 1. The molecule has 46 heavy (non-hydrogen) atoms. The van der Waals surface area contributed by atoms with Crippen LogP contribution in [0.15, 0.2) is 53.5 Å². The normalized spacial score (nSPS) is 20.4. The van der Waals surface area contributed by atoms with Gasteiger partial charge in [-0.25, -0.2) is 22.5 Å². The molecule has 3 aromatic heterocycles. The molecule has 3 heterocycles. The Bertz CT molecular complexity index is 1940. The first-order valence-electron chi connectivity index (χ1n) is 14.2. The summed E-state index contributed by atoms with van der Waals surface area (Å²) >= 11 is 0.240. The molecule has 0 bridgehead atoms. The van der Waals surface area contributed by atoms with Gasteiger partial charge in [0.15, 0.2) is 5.01 Å². The van der Waals surface area contributed by atoms with E-state index in [1.807, 2.05) is 0 Å². The zero-order chi connectivity index (χ0) is 33.2. The standard InChI is InChI=1S/C29H29F4N7O4S2/c1-27(2,42)16-39(46(43,44)24-15-35-38(3)37-24)21-7-4-18-10-22-17(13-36-40(22)20-8-5-19(30)6-9-20)11-28(18,12-21)25(41)26-34-14-23(45-26)29(31,32)33/h5-6,8-10,13-15,21,42H,4,7,11-12,16H2,1-3H3/t21-,28-/m0/s1. The van der Waals surface area contributed by atoms with Crippen molar-refractivity contribution in [3.63, 3.8) is 0 Å². The topological polar surface area (TPSA) is 136 Å². The minimum Gasteiger partial charge on any atom is -0.389 e. The Morgan fingerprint density at radius 3 is 2.48 bits per heavy atom. The largest absolute Gasteiger partial charge is 0.427 e. The Morgan fingerprint density at radius 2 is 1.87 bits per heavy atom. The van der Waals surface area contributed by atoms with Crippen molar-refractivity contribution in [3.8, 4) is 5.69 Å². The third-order valence-electron chi connectivity index (χ3n) is 8.22. The van der Waals surface area contributed by atoms with Crippen LogP contribution in [-0.2, 0) is 29.7 Å². The molecule has 2 atom stereocenters. The highest BCUT2D eigenvalue weighted by Crippen LogP contribution is 2.52. The fourth-order valence-electron chi connectivity index (χ4n) is 6.19.